The molecule has 1 N–H and O–H groups in total. The highest BCUT2D eigenvalue weighted by molar-refractivity contribution is 5.78. The molecule has 7 heteroatoms. The highest BCUT2D eigenvalue weighted by atomic mass is 16.2. The number of benzene rings is 1. The number of nitrogens with zero attached hydrogens (tertiary/aromatic N) is 4. The maximum Gasteiger partial charge on any atom is 0.254 e. The molecular formula is C20H23N5O2. The Morgan fingerprint density at radius 2 is 1.96 bits per heavy atom. The van der Waals surface area contributed by atoms with Gasteiger partial charge < -0.3 is 14.5 Å². The molecule has 140 valence electrons. The zero-order chi connectivity index (χ0) is 19.4. The zero-order valence-electron chi connectivity index (χ0n) is 15.8. The third kappa shape index (κ3) is 4.49. The second-order valence-electron chi connectivity index (χ2n) is 6.60. The molecular weight excluding hydrogens is 342 g/mol. The number of aromatic amines is 1. The summed E-state index contributed by atoms with van der Waals surface area (Å²) in [6.07, 6.45) is 3.65. The fraction of sp³-hybridized carbons (Fsp3) is 0.300. The van der Waals surface area contributed by atoms with Gasteiger partial charge in [-0.3, -0.25) is 9.59 Å². The molecule has 0 fully saturated rings. The number of aryl methyl sites for hydroxylation is 2. The Balaban J connectivity index is 1.69. The van der Waals surface area contributed by atoms with Crippen LogP contribution in [0.1, 0.15) is 28.5 Å². The minimum Gasteiger partial charge on any atom is -0.338 e. The number of hydrogen-bond acceptors (Lipinski definition) is 4. The molecule has 3 rings (SSSR count). The molecule has 2 heterocycles. The Bertz CT molecular complexity index is 991. The van der Waals surface area contributed by atoms with Crippen molar-refractivity contribution in [2.24, 2.45) is 0 Å². The van der Waals surface area contributed by atoms with Gasteiger partial charge in [0, 0.05) is 37.2 Å². The first-order valence-electron chi connectivity index (χ1n) is 8.78. The number of rotatable bonds is 6. The first kappa shape index (κ1) is 18.6. The number of nitrogens with one attached hydrogen (secondary N) is 1. The van der Waals surface area contributed by atoms with Gasteiger partial charge in [0.25, 0.3) is 5.56 Å². The van der Waals surface area contributed by atoms with E-state index in [4.69, 9.17) is 0 Å². The van der Waals surface area contributed by atoms with Crippen molar-refractivity contribution >= 4 is 5.91 Å². The Hall–Kier alpha value is -3.22. The van der Waals surface area contributed by atoms with Gasteiger partial charge in [-0.1, -0.05) is 30.3 Å². The van der Waals surface area contributed by atoms with Crippen LogP contribution < -0.4 is 5.56 Å². The standard InChI is InChI=1S/C20H23N5O2/c1-14-17(20(27)23-15(2)22-14)11-19(26)24(3)13-18-21-9-10-25(18)12-16-7-5-4-6-8-16/h4-10H,11-13H2,1-3H3,(H,22,23,27). The van der Waals surface area contributed by atoms with Crippen LogP contribution in [0.5, 0.6) is 0 Å². The summed E-state index contributed by atoms with van der Waals surface area (Å²) in [5.41, 5.74) is 1.90. The summed E-state index contributed by atoms with van der Waals surface area (Å²) in [5.74, 6) is 1.19. The molecule has 0 saturated carbocycles. The fourth-order valence-corrected chi connectivity index (χ4v) is 2.96. The molecule has 0 unspecified atom stereocenters. The van der Waals surface area contributed by atoms with Crippen LogP contribution in [0.4, 0.5) is 0 Å². The molecule has 27 heavy (non-hydrogen) atoms. The molecule has 0 bridgehead atoms. The molecule has 2 aromatic heterocycles. The van der Waals surface area contributed by atoms with Crippen LogP contribution in [0.2, 0.25) is 0 Å². The number of amides is 1. The van der Waals surface area contributed by atoms with Crippen molar-refractivity contribution in [3.05, 3.63) is 81.5 Å². The van der Waals surface area contributed by atoms with E-state index in [2.05, 4.69) is 27.1 Å². The van der Waals surface area contributed by atoms with Crippen LogP contribution in [0.25, 0.3) is 0 Å². The third-order valence-electron chi connectivity index (χ3n) is 4.47. The largest absolute Gasteiger partial charge is 0.338 e. The van der Waals surface area contributed by atoms with E-state index in [9.17, 15) is 9.59 Å². The molecule has 0 aliphatic heterocycles. The molecule has 1 amide bonds. The normalized spacial score (nSPS) is 10.8. The molecule has 0 spiro atoms. The SMILES string of the molecule is Cc1nc(C)c(CC(=O)N(C)Cc2nccn2Cc2ccccc2)c(=O)[nH]1. The first-order valence-corrected chi connectivity index (χ1v) is 8.78. The topological polar surface area (TPSA) is 83.9 Å². The van der Waals surface area contributed by atoms with Crippen molar-refractivity contribution in [1.29, 1.82) is 0 Å². The average Bonchev–Trinajstić information content (AvgIpc) is 3.05. The number of carbonyl (C=O) groups excluding carboxylic acids is 1. The summed E-state index contributed by atoms with van der Waals surface area (Å²) in [7, 11) is 1.72. The lowest BCUT2D eigenvalue weighted by atomic mass is 10.1. The number of likely N-dealkylation sites (N-methyl/N-ethyl adjacent to an activating group) is 1. The second kappa shape index (κ2) is 7.99. The number of carbonyl (C=O) groups is 1. The lowest BCUT2D eigenvalue weighted by molar-refractivity contribution is -0.129. The minimum atomic E-state index is -0.257. The van der Waals surface area contributed by atoms with Gasteiger partial charge in [-0.05, 0) is 19.4 Å². The molecule has 7 nitrogen and oxygen atoms in total. The Morgan fingerprint density at radius 1 is 1.22 bits per heavy atom. The van der Waals surface area contributed by atoms with Crippen LogP contribution in [0, 0.1) is 13.8 Å². The van der Waals surface area contributed by atoms with Crippen molar-refractivity contribution in [2.75, 3.05) is 7.05 Å². The quantitative estimate of drug-likeness (QED) is 0.722. The maximum absolute atomic E-state index is 12.6. The number of aromatic nitrogens is 4. The highest BCUT2D eigenvalue weighted by Gasteiger charge is 2.17. The van der Waals surface area contributed by atoms with Gasteiger partial charge >= 0.3 is 0 Å². The lowest BCUT2D eigenvalue weighted by Crippen LogP contribution is -2.31. The van der Waals surface area contributed by atoms with Crippen LogP contribution >= 0.6 is 0 Å². The summed E-state index contributed by atoms with van der Waals surface area (Å²) in [4.78, 5) is 37.6. The summed E-state index contributed by atoms with van der Waals surface area (Å²) in [5, 5.41) is 0. The van der Waals surface area contributed by atoms with E-state index < -0.39 is 0 Å². The highest BCUT2D eigenvalue weighted by Crippen LogP contribution is 2.09. The Labute approximate surface area is 157 Å². The number of imidazole rings is 1. The number of H-pyrrole nitrogens is 1. The van der Waals surface area contributed by atoms with Crippen LogP contribution in [-0.4, -0.2) is 37.4 Å². The van der Waals surface area contributed by atoms with Crippen molar-refractivity contribution in [3.8, 4) is 0 Å². The second-order valence-corrected chi connectivity index (χ2v) is 6.60. The van der Waals surface area contributed by atoms with Crippen LogP contribution in [0.3, 0.4) is 0 Å². The summed E-state index contributed by atoms with van der Waals surface area (Å²) >= 11 is 0. The monoisotopic (exact) mass is 365 g/mol. The van der Waals surface area contributed by atoms with E-state index in [0.29, 0.717) is 30.2 Å². The van der Waals surface area contributed by atoms with Crippen molar-refractivity contribution < 1.29 is 4.79 Å². The van der Waals surface area contributed by atoms with Gasteiger partial charge in [0.1, 0.15) is 11.6 Å². The number of hydrogen-bond donors (Lipinski definition) is 1. The van der Waals surface area contributed by atoms with E-state index in [1.165, 1.54) is 5.56 Å². The van der Waals surface area contributed by atoms with Crippen LogP contribution in [0.15, 0.2) is 47.5 Å². The molecule has 1 aromatic carbocycles. The maximum atomic E-state index is 12.6. The van der Waals surface area contributed by atoms with Crippen molar-refractivity contribution in [3.63, 3.8) is 0 Å². The predicted molar refractivity (Wildman–Crippen MR) is 102 cm³/mol. The smallest absolute Gasteiger partial charge is 0.254 e. The Morgan fingerprint density at radius 3 is 2.67 bits per heavy atom. The van der Waals surface area contributed by atoms with E-state index in [0.717, 1.165) is 5.82 Å². The summed E-state index contributed by atoms with van der Waals surface area (Å²) in [6, 6.07) is 10.1. The van der Waals surface area contributed by atoms with E-state index in [1.54, 1.807) is 32.0 Å². The predicted octanol–water partition coefficient (Wildman–Crippen LogP) is 1.83. The Kier molecular flexibility index (Phi) is 5.49. The van der Waals surface area contributed by atoms with Crippen LogP contribution in [-0.2, 0) is 24.3 Å². The average molecular weight is 365 g/mol. The zero-order valence-corrected chi connectivity index (χ0v) is 15.8. The lowest BCUT2D eigenvalue weighted by Gasteiger charge is -2.18. The fourth-order valence-electron chi connectivity index (χ4n) is 2.96. The summed E-state index contributed by atoms with van der Waals surface area (Å²) < 4.78 is 2.02. The van der Waals surface area contributed by atoms with Gasteiger partial charge in [-0.15, -0.1) is 0 Å². The van der Waals surface area contributed by atoms with E-state index in [-0.39, 0.29) is 17.9 Å². The molecule has 0 radical (unpaired) electrons. The first-order chi connectivity index (χ1) is 12.9. The van der Waals surface area contributed by atoms with Gasteiger partial charge in [-0.25, -0.2) is 9.97 Å². The van der Waals surface area contributed by atoms with E-state index in [1.807, 2.05) is 29.0 Å². The van der Waals surface area contributed by atoms with Gasteiger partial charge in [0.2, 0.25) is 5.91 Å². The van der Waals surface area contributed by atoms with Crippen molar-refractivity contribution in [1.82, 2.24) is 24.4 Å². The van der Waals surface area contributed by atoms with Gasteiger partial charge in [0.05, 0.1) is 13.0 Å². The van der Waals surface area contributed by atoms with Gasteiger partial charge in [0.15, 0.2) is 0 Å². The molecule has 0 aliphatic rings. The summed E-state index contributed by atoms with van der Waals surface area (Å²) in [6.45, 7) is 4.53. The molecule has 0 aliphatic carbocycles. The molecule has 0 saturated heterocycles. The third-order valence-corrected chi connectivity index (χ3v) is 4.47. The van der Waals surface area contributed by atoms with E-state index >= 15 is 0 Å². The van der Waals surface area contributed by atoms with Gasteiger partial charge in [-0.2, -0.15) is 0 Å². The minimum absolute atomic E-state index is 0.0182. The molecule has 0 atom stereocenters. The van der Waals surface area contributed by atoms with Crippen molar-refractivity contribution in [2.45, 2.75) is 33.4 Å². The molecule has 3 aromatic rings.